The number of Topliss-reactive ketones (excluding diaryl/α,β-unsaturated/α-hetero) is 1. The summed E-state index contributed by atoms with van der Waals surface area (Å²) in [5, 5.41) is 0. The maximum Gasteiger partial charge on any atom is 0.340 e. The van der Waals surface area contributed by atoms with Crippen molar-refractivity contribution in [1.82, 2.24) is 4.72 Å². The van der Waals surface area contributed by atoms with E-state index >= 15 is 0 Å². The van der Waals surface area contributed by atoms with Crippen LogP contribution >= 0.6 is 15.9 Å². The van der Waals surface area contributed by atoms with Crippen LogP contribution in [0.15, 0.2) is 27.6 Å². The van der Waals surface area contributed by atoms with Crippen molar-refractivity contribution in [2.75, 3.05) is 0 Å². The summed E-state index contributed by atoms with van der Waals surface area (Å²) < 4.78 is 32.9. The Morgan fingerprint density at radius 2 is 1.96 bits per heavy atom. The molecule has 0 radical (unpaired) electrons. The van der Waals surface area contributed by atoms with E-state index in [-0.39, 0.29) is 22.3 Å². The summed E-state index contributed by atoms with van der Waals surface area (Å²) in [6, 6.07) is 4.19. The van der Waals surface area contributed by atoms with E-state index in [0.717, 1.165) is 25.7 Å². The van der Waals surface area contributed by atoms with Crippen molar-refractivity contribution < 1.29 is 22.7 Å². The van der Waals surface area contributed by atoms with Crippen LogP contribution in [0.3, 0.4) is 0 Å². The van der Waals surface area contributed by atoms with Crippen LogP contribution in [-0.2, 0) is 19.6 Å². The third-order valence-electron chi connectivity index (χ3n) is 4.12. The summed E-state index contributed by atoms with van der Waals surface area (Å²) in [4.78, 5) is 24.2. The lowest BCUT2D eigenvalue weighted by Gasteiger charge is -2.21. The lowest BCUT2D eigenvalue weighted by atomic mass is 9.96. The zero-order valence-corrected chi connectivity index (χ0v) is 15.4. The first-order valence-corrected chi connectivity index (χ1v) is 10.2. The highest BCUT2D eigenvalue weighted by Crippen LogP contribution is 2.26. The smallest absolute Gasteiger partial charge is 0.340 e. The summed E-state index contributed by atoms with van der Waals surface area (Å²) in [6.45, 7) is 0. The second-order valence-electron chi connectivity index (χ2n) is 6.14. The minimum Gasteiger partial charge on any atom is -0.451 e. The highest BCUT2D eigenvalue weighted by atomic mass is 79.9. The number of ether oxygens (including phenoxy) is 1. The predicted octanol–water partition coefficient (Wildman–Crippen LogP) is 2.56. The second-order valence-corrected chi connectivity index (χ2v) is 8.71. The van der Waals surface area contributed by atoms with E-state index in [0.29, 0.717) is 17.3 Å². The molecule has 2 aliphatic rings. The minimum atomic E-state index is -3.66. The van der Waals surface area contributed by atoms with Crippen molar-refractivity contribution in [1.29, 1.82) is 0 Å². The third-order valence-corrected chi connectivity index (χ3v) is 6.32. The maximum atomic E-state index is 12.4. The van der Waals surface area contributed by atoms with Crippen LogP contribution < -0.4 is 4.72 Å². The molecule has 130 valence electrons. The molecule has 2 fully saturated rings. The van der Waals surface area contributed by atoms with E-state index in [9.17, 15) is 18.0 Å². The van der Waals surface area contributed by atoms with Crippen LogP contribution in [-0.4, -0.2) is 32.3 Å². The number of halogens is 1. The van der Waals surface area contributed by atoms with E-state index in [2.05, 4.69) is 20.7 Å². The molecule has 6 nitrogen and oxygen atoms in total. The zero-order chi connectivity index (χ0) is 17.3. The monoisotopic (exact) mass is 415 g/mol. The fourth-order valence-corrected chi connectivity index (χ4v) is 4.32. The van der Waals surface area contributed by atoms with Gasteiger partial charge in [0.15, 0.2) is 11.9 Å². The number of hydrogen-bond acceptors (Lipinski definition) is 5. The minimum absolute atomic E-state index is 0.0134. The molecule has 0 heterocycles. The van der Waals surface area contributed by atoms with E-state index in [4.69, 9.17) is 4.74 Å². The van der Waals surface area contributed by atoms with E-state index in [1.807, 2.05) is 0 Å². The topological polar surface area (TPSA) is 89.5 Å². The van der Waals surface area contributed by atoms with Gasteiger partial charge in [-0.1, -0.05) is 0 Å². The first-order valence-electron chi connectivity index (χ1n) is 7.92. The van der Waals surface area contributed by atoms with Crippen LogP contribution in [0.25, 0.3) is 0 Å². The molecular formula is C16H18BrNO5S. The molecule has 1 aromatic rings. The van der Waals surface area contributed by atoms with Crippen LogP contribution in [0.5, 0.6) is 0 Å². The van der Waals surface area contributed by atoms with Gasteiger partial charge in [-0.05, 0) is 66.2 Å². The lowest BCUT2D eigenvalue weighted by molar-refractivity contribution is -0.129. The molecule has 0 amide bonds. The molecule has 2 saturated carbocycles. The number of esters is 1. The number of ketones is 1. The van der Waals surface area contributed by atoms with Gasteiger partial charge in [0.1, 0.15) is 0 Å². The molecule has 0 saturated heterocycles. The molecule has 0 spiro atoms. The number of carbonyl (C=O) groups is 2. The van der Waals surface area contributed by atoms with E-state index in [1.165, 1.54) is 18.2 Å². The SMILES string of the molecule is O=C(O[C@@H]1CCCCC1=O)c1cc(S(=O)(=O)NC2CC2)ccc1Br. The molecule has 0 bridgehead atoms. The largest absolute Gasteiger partial charge is 0.451 e. The summed E-state index contributed by atoms with van der Waals surface area (Å²) >= 11 is 3.24. The van der Waals surface area contributed by atoms with Crippen molar-refractivity contribution in [2.45, 2.75) is 55.6 Å². The Balaban J connectivity index is 1.80. The number of nitrogens with one attached hydrogen (secondary N) is 1. The number of benzene rings is 1. The Kier molecular flexibility index (Phi) is 5.08. The van der Waals surface area contributed by atoms with Crippen LogP contribution in [0.2, 0.25) is 0 Å². The van der Waals surface area contributed by atoms with Gasteiger partial charge in [-0.3, -0.25) is 4.79 Å². The van der Waals surface area contributed by atoms with Gasteiger partial charge in [0, 0.05) is 16.9 Å². The Morgan fingerprint density at radius 3 is 2.62 bits per heavy atom. The van der Waals surface area contributed by atoms with Gasteiger partial charge in [-0.25, -0.2) is 17.9 Å². The Hall–Kier alpha value is -1.25. The molecule has 8 heteroatoms. The standard InChI is InChI=1S/C16H18BrNO5S/c17-13-8-7-11(24(21,22)18-10-5-6-10)9-12(13)16(20)23-15-4-2-1-3-14(15)19/h7-10,15,18H,1-6H2/t15-/m1/s1. The average molecular weight is 416 g/mol. The summed E-state index contributed by atoms with van der Waals surface area (Å²) in [5.74, 6) is -0.768. The van der Waals surface area contributed by atoms with E-state index < -0.39 is 22.1 Å². The molecule has 0 aromatic heterocycles. The van der Waals surface area contributed by atoms with Gasteiger partial charge in [0.25, 0.3) is 0 Å². The third kappa shape index (κ3) is 4.04. The fraction of sp³-hybridized carbons (Fsp3) is 0.500. The summed E-state index contributed by atoms with van der Waals surface area (Å²) in [7, 11) is -3.66. The van der Waals surface area contributed by atoms with Crippen molar-refractivity contribution in [3.05, 3.63) is 28.2 Å². The molecule has 0 aliphatic heterocycles. The Labute approximate surface area is 149 Å². The molecular weight excluding hydrogens is 398 g/mol. The normalized spacial score (nSPS) is 21.5. The van der Waals surface area contributed by atoms with Crippen molar-refractivity contribution in [3.8, 4) is 0 Å². The quantitative estimate of drug-likeness (QED) is 0.746. The van der Waals surface area contributed by atoms with Gasteiger partial charge >= 0.3 is 5.97 Å². The maximum absolute atomic E-state index is 12.4. The van der Waals surface area contributed by atoms with Crippen LogP contribution in [0.4, 0.5) is 0 Å². The number of rotatable bonds is 5. The first kappa shape index (κ1) is 17.6. The molecule has 24 heavy (non-hydrogen) atoms. The highest BCUT2D eigenvalue weighted by molar-refractivity contribution is 9.10. The number of sulfonamides is 1. The Bertz CT molecular complexity index is 773. The molecule has 0 unspecified atom stereocenters. The van der Waals surface area contributed by atoms with Gasteiger partial charge in [0.05, 0.1) is 10.5 Å². The average Bonchev–Trinajstić information content (AvgIpc) is 3.33. The van der Waals surface area contributed by atoms with Gasteiger partial charge in [0.2, 0.25) is 10.0 Å². The van der Waals surface area contributed by atoms with Crippen molar-refractivity contribution in [2.24, 2.45) is 0 Å². The first-order chi connectivity index (χ1) is 11.4. The predicted molar refractivity (Wildman–Crippen MR) is 90.2 cm³/mol. The van der Waals surface area contributed by atoms with Crippen LogP contribution in [0, 0.1) is 0 Å². The highest BCUT2D eigenvalue weighted by Gasteiger charge is 2.30. The van der Waals surface area contributed by atoms with Gasteiger partial charge in [-0.15, -0.1) is 0 Å². The molecule has 1 N–H and O–H groups in total. The van der Waals surface area contributed by atoms with E-state index in [1.54, 1.807) is 0 Å². The van der Waals surface area contributed by atoms with Crippen LogP contribution in [0.1, 0.15) is 48.9 Å². The molecule has 1 atom stereocenters. The van der Waals surface area contributed by atoms with Crippen molar-refractivity contribution in [3.63, 3.8) is 0 Å². The van der Waals surface area contributed by atoms with Crippen molar-refractivity contribution >= 4 is 37.7 Å². The molecule has 1 aromatic carbocycles. The fourth-order valence-electron chi connectivity index (χ4n) is 2.58. The second kappa shape index (κ2) is 6.93. The number of hydrogen-bond donors (Lipinski definition) is 1. The molecule has 2 aliphatic carbocycles. The summed E-state index contributed by atoms with van der Waals surface area (Å²) in [6.07, 6.45) is 3.51. The lowest BCUT2D eigenvalue weighted by Crippen LogP contribution is -2.30. The zero-order valence-electron chi connectivity index (χ0n) is 13.0. The summed E-state index contributed by atoms with van der Waals surface area (Å²) in [5.41, 5.74) is 0.104. The molecule has 3 rings (SSSR count). The van der Waals surface area contributed by atoms with Gasteiger partial charge in [-0.2, -0.15) is 0 Å². The number of carbonyl (C=O) groups excluding carboxylic acids is 2. The Morgan fingerprint density at radius 1 is 1.21 bits per heavy atom. The van der Waals surface area contributed by atoms with Gasteiger partial charge < -0.3 is 4.74 Å².